The fraction of sp³-hybridized carbons (Fsp3) is 0.130. The molecule has 0 bridgehead atoms. The third-order valence-electron chi connectivity index (χ3n) is 12.4. The Morgan fingerprint density at radius 3 is 1.69 bits per heavy atom. The van der Waals surface area contributed by atoms with Crippen LogP contribution in [0.5, 0.6) is 5.88 Å². The van der Waals surface area contributed by atoms with Crippen LogP contribution < -0.4 is 27.3 Å². The molecule has 0 amide bonds. The van der Waals surface area contributed by atoms with Crippen LogP contribution in [0.15, 0.2) is 233 Å². The number of H-pyrrole nitrogens is 2. The number of Topliss-reactive ketones (excluding diaryl/α,β-unsaturated/α-hetero) is 1. The molecule has 9 aromatic heterocycles. The number of aromatic amines is 2. The van der Waals surface area contributed by atoms with Gasteiger partial charge in [-0.3, -0.25) is 19.8 Å². The third-order valence-corrected chi connectivity index (χ3v) is 14.1. The molecule has 10 heterocycles. The fourth-order valence-electron chi connectivity index (χ4n) is 7.30. The van der Waals surface area contributed by atoms with E-state index in [0.717, 1.165) is 28.0 Å². The molecule has 0 saturated carbocycles. The summed E-state index contributed by atoms with van der Waals surface area (Å²) in [5.74, 6) is -2.07. The van der Waals surface area contributed by atoms with Crippen LogP contribution in [0.1, 0.15) is 64.0 Å². The molecular weight excluding hydrogens is 1670 g/mol. The summed E-state index contributed by atoms with van der Waals surface area (Å²) in [4.78, 5) is 88.3. The number of ketones is 1. The first-order valence-corrected chi connectivity index (χ1v) is 32.5. The van der Waals surface area contributed by atoms with Crippen molar-refractivity contribution < 1.29 is 82.8 Å². The number of carboxylic acid groups (broad SMARTS) is 1. The summed E-state index contributed by atoms with van der Waals surface area (Å²) in [6.45, 7) is 7.47. The SMILES string of the molecule is CCO/C=C(/C(C)=O)C(=O)OCC.COC(=O)c1cnc(-c2cccnn2)[nH]c1=O.Cc1ccc(S(=O)(=O)N2N=CC=CC2C#N)cc1.N#Cc1cccnn1.N=C(N)c1cccnn1.Nc1cnc(-c2cccnn2)[nH]c1=O.O=C(O)c1cnc(-c2cccnn2)nc1OCc1ccccc1.[2H][B].[U].c1ccnnc1. The number of rotatable bonds is 16. The number of nitrogens with one attached hydrogen (secondary N) is 3. The number of methoxy groups -OCH3 is 1. The number of hydrogen-bond donors (Lipinski definition) is 6. The molecule has 0 aliphatic carbocycles. The van der Waals surface area contributed by atoms with Crippen LogP contribution in [-0.2, 0) is 40.4 Å². The average molecular weight is 1740 g/mol. The van der Waals surface area contributed by atoms with Crippen LogP contribution in [0.3, 0.4) is 0 Å². The molecule has 8 N–H and O–H groups in total. The number of carboxylic acids is 1. The molecule has 1 aliphatic heterocycles. The van der Waals surface area contributed by atoms with Crippen LogP contribution in [0.2, 0.25) is 0 Å². The topological polar surface area (TPSA) is 571 Å². The number of aryl methyl sites for hydroxylation is 1. The predicted octanol–water partition coefficient (Wildman–Crippen LogP) is 4.46. The van der Waals surface area contributed by atoms with Crippen molar-refractivity contribution >= 4 is 59.8 Å². The van der Waals surface area contributed by atoms with Crippen molar-refractivity contribution in [2.75, 3.05) is 26.1 Å². The largest absolute Gasteiger partial charge is 0.500 e. The predicted molar refractivity (Wildman–Crippen MR) is 392 cm³/mol. The Morgan fingerprint density at radius 2 is 1.25 bits per heavy atom. The number of carbonyl (C=O) groups is 4. The minimum atomic E-state index is -3.78. The number of sulfonamides is 1. The number of amidine groups is 1. The van der Waals surface area contributed by atoms with Gasteiger partial charge in [-0.1, -0.05) is 48.0 Å². The first-order valence-electron chi connectivity index (χ1n) is 31.6. The quantitative estimate of drug-likeness (QED) is 0.0114. The number of anilines is 1. The first-order chi connectivity index (χ1) is 53.1. The zero-order valence-electron chi connectivity index (χ0n) is 59.8. The second-order valence-electron chi connectivity index (χ2n) is 20.0. The normalized spacial score (nSPS) is 11.1. The summed E-state index contributed by atoms with van der Waals surface area (Å²) in [6, 6.07) is 39.0. The number of allylic oxidation sites excluding steroid dienone is 1. The van der Waals surface area contributed by atoms with E-state index in [1.165, 1.54) is 75.6 Å². The van der Waals surface area contributed by atoms with E-state index in [1.54, 1.807) is 111 Å². The van der Waals surface area contributed by atoms with Gasteiger partial charge in [0.25, 0.3) is 21.1 Å². The summed E-state index contributed by atoms with van der Waals surface area (Å²) in [6.07, 6.45) is 20.1. The molecule has 110 heavy (non-hydrogen) atoms. The molecule has 1 atom stereocenters. The van der Waals surface area contributed by atoms with Crippen LogP contribution in [-0.4, -0.2) is 181 Å². The molecule has 558 valence electrons. The Morgan fingerprint density at radius 1 is 0.700 bits per heavy atom. The number of nitrogens with two attached hydrogens (primary N) is 2. The van der Waals surface area contributed by atoms with Crippen molar-refractivity contribution in [3.05, 3.63) is 268 Å². The molecule has 2 aromatic carbocycles. The summed E-state index contributed by atoms with van der Waals surface area (Å²) < 4.78 is 50.2. The number of aromatic carboxylic acids is 1. The van der Waals surface area contributed by atoms with Crippen molar-refractivity contribution in [3.63, 3.8) is 0 Å². The Hall–Kier alpha value is -14.3. The van der Waals surface area contributed by atoms with Crippen LogP contribution in [0.25, 0.3) is 34.6 Å². The van der Waals surface area contributed by atoms with Crippen LogP contribution >= 0.6 is 0 Å². The average Bonchev–Trinajstić information content (AvgIpc) is 0.801. The number of hydrogen-bond acceptors (Lipinski definition) is 33. The Bertz CT molecular complexity index is 5090. The van der Waals surface area contributed by atoms with Gasteiger partial charge in [-0.05, 0) is 132 Å². The molecule has 11 aromatic rings. The molecule has 12 rings (SSSR count). The number of aromatic nitrogens is 18. The number of ether oxygens (including phenoxy) is 4. The third kappa shape index (κ3) is 30.8. The minimum Gasteiger partial charge on any atom is -0.500 e. The van der Waals surface area contributed by atoms with Gasteiger partial charge in [0.1, 0.15) is 69.9 Å². The van der Waals surface area contributed by atoms with Crippen LogP contribution in [0, 0.1) is 66.1 Å². The Balaban J connectivity index is 0.000000336. The van der Waals surface area contributed by atoms with E-state index in [9.17, 15) is 42.3 Å². The molecule has 41 heteroatoms. The minimum absolute atomic E-state index is 0. The summed E-state index contributed by atoms with van der Waals surface area (Å²) >= 11 is 0. The molecule has 0 spiro atoms. The first kappa shape index (κ1) is 88.1. The summed E-state index contributed by atoms with van der Waals surface area (Å²) in [7, 11) is 1.16. The van der Waals surface area contributed by atoms with Crippen molar-refractivity contribution in [1.29, 1.82) is 17.3 Å². The van der Waals surface area contributed by atoms with Crippen molar-refractivity contribution in [1.82, 2.24) is 95.5 Å². The van der Waals surface area contributed by atoms with Crippen LogP contribution in [0.4, 0.5) is 5.69 Å². The number of nitrogen functional groups attached to an aromatic ring is 2. The number of carbonyl (C=O) groups excluding carboxylic acids is 3. The van der Waals surface area contributed by atoms with Gasteiger partial charge in [0.15, 0.2) is 35.0 Å². The Kier molecular flexibility index (Phi) is 39.6. The molecule has 0 fully saturated rings. The maximum absolute atomic E-state index is 12.3. The van der Waals surface area contributed by atoms with Gasteiger partial charge >= 0.3 is 17.9 Å². The number of hydrazone groups is 1. The number of benzene rings is 2. The van der Waals surface area contributed by atoms with E-state index in [2.05, 4.69) is 114 Å². The van der Waals surface area contributed by atoms with Gasteiger partial charge in [0.05, 0.1) is 37.5 Å². The van der Waals surface area contributed by atoms with Crippen molar-refractivity contribution in [2.45, 2.75) is 45.2 Å². The van der Waals surface area contributed by atoms with E-state index >= 15 is 0 Å². The molecule has 0 saturated heterocycles. The van der Waals surface area contributed by atoms with Gasteiger partial charge in [-0.15, -0.1) is 25.5 Å². The van der Waals surface area contributed by atoms with Gasteiger partial charge in [-0.25, -0.2) is 29.3 Å². The van der Waals surface area contributed by atoms with E-state index in [-0.39, 0.29) is 106 Å². The maximum Gasteiger partial charge on any atom is 0.345 e. The molecular formula is C69H66BN25O13SU. The van der Waals surface area contributed by atoms with Crippen molar-refractivity contribution in [3.8, 4) is 52.6 Å². The van der Waals surface area contributed by atoms with Crippen molar-refractivity contribution in [2.24, 2.45) is 10.8 Å². The molecule has 2 radical (unpaired) electrons. The summed E-state index contributed by atoms with van der Waals surface area (Å²) in [5.41, 5.74) is 13.2. The standard InChI is InChI=1S/C16H12N4O3.C12H11N3O2S.C10H8N4O3.C9H14O4.C8H7N5O.C5H6N4.C5H3N3.C4H4N2.BH.U/c21-16(22)12-9-17-14(13-7-4-8-18-20-13)19-15(12)23-10-11-5-2-1-3-6-11;1-10-4-6-12(7-5-10)18(16,17)15-11(9-13)3-2-8-14-15;1-17-10(16)6-5-11-8(13-9(6)15)7-3-2-4-12-14-7;1-4-12-6-8(7(3)10)9(11)13-5-2;9-5-4-10-7(12-8(5)14)6-2-1-3-11-13-6;6-5(7)4-2-1-3-8-9-4;6-4-5-2-1-3-7-8-5;1-2-4-6-5-3-1;;/h1-9H,10H2,(H,21,22);2-8,11H,1H3;2-5H,1H3,(H,11,13,15);6H,4-5H2,1-3H3;1-4H,9H2,(H,10,12,14);1-3H,(H3,6,7);1-3H;1-4H;1H;/b;;;8-6-;;;;;;/i;;;;;;;;1D;. The van der Waals surface area contributed by atoms with E-state index in [1.807, 2.05) is 61.5 Å². The molecule has 1 aliphatic rings. The monoisotopic (exact) mass is 1730 g/mol. The second kappa shape index (κ2) is 49.4. The van der Waals surface area contributed by atoms with E-state index < -0.39 is 39.5 Å². The Labute approximate surface area is 653 Å². The summed E-state index contributed by atoms with van der Waals surface area (Å²) in [5, 5.41) is 80.8. The number of esters is 2. The van der Waals surface area contributed by atoms with E-state index in [0.29, 0.717) is 40.9 Å². The van der Waals surface area contributed by atoms with Gasteiger partial charge in [-0.2, -0.15) is 69.1 Å². The number of nitrogens with zero attached hydrogens (tertiary/aromatic N) is 20. The second-order valence-corrected chi connectivity index (χ2v) is 21.8. The zero-order valence-corrected chi connectivity index (χ0v) is 63.8. The zero-order chi connectivity index (χ0) is 80.5. The van der Waals surface area contributed by atoms with E-state index in [4.69, 9.17) is 38.2 Å². The smallest absolute Gasteiger partial charge is 0.345 e. The van der Waals surface area contributed by atoms with Gasteiger partial charge in [0, 0.05) is 101 Å². The van der Waals surface area contributed by atoms with Gasteiger partial charge < -0.3 is 45.5 Å². The fourth-order valence-corrected chi connectivity index (χ4v) is 8.59. The maximum atomic E-state index is 12.3. The van der Waals surface area contributed by atoms with Gasteiger partial charge in [0.2, 0.25) is 5.88 Å². The number of nitriles is 2. The molecule has 1 unspecified atom stereocenters. The molecule has 38 nitrogen and oxygen atoms in total.